The van der Waals surface area contributed by atoms with E-state index in [2.05, 4.69) is 10.6 Å². The lowest BCUT2D eigenvalue weighted by Crippen LogP contribution is -2.27. The summed E-state index contributed by atoms with van der Waals surface area (Å²) in [6, 6.07) is 14.4. The molecule has 0 unspecified atom stereocenters. The van der Waals surface area contributed by atoms with Gasteiger partial charge in [-0.1, -0.05) is 53.0 Å². The quantitative estimate of drug-likeness (QED) is 0.650. The molecule has 0 heterocycles. The van der Waals surface area contributed by atoms with E-state index < -0.39 is 11.6 Å². The average molecular weight is 417 g/mol. The summed E-state index contributed by atoms with van der Waals surface area (Å²) >= 11 is 12.5. The van der Waals surface area contributed by atoms with Gasteiger partial charge in [0.1, 0.15) is 27.2 Å². The third kappa shape index (κ3) is 4.06. The molecule has 2 aromatic carbocycles. The standard InChI is InChI=1S/C21H18Cl2N2O3/c1-3-28-15-7-5-4-6-14(15)25-19-17(23)20(26)18(16(22)21(19)27)24-13-10-8-12(2)9-11-13/h4-11,24-25H,3H2,1-2H3. The molecular formula is C21H18Cl2N2O3. The van der Waals surface area contributed by atoms with E-state index >= 15 is 0 Å². The lowest BCUT2D eigenvalue weighted by Gasteiger charge is -2.21. The van der Waals surface area contributed by atoms with Crippen LogP contribution in [0.2, 0.25) is 0 Å². The van der Waals surface area contributed by atoms with E-state index in [9.17, 15) is 9.59 Å². The Kier molecular flexibility index (Phi) is 6.07. The summed E-state index contributed by atoms with van der Waals surface area (Å²) < 4.78 is 5.53. The molecule has 0 bridgehead atoms. The van der Waals surface area contributed by atoms with Crippen molar-refractivity contribution in [2.45, 2.75) is 13.8 Å². The number of ketones is 2. The fraction of sp³-hybridized carbons (Fsp3) is 0.143. The number of carbonyl (C=O) groups excluding carboxylic acids is 2. The van der Waals surface area contributed by atoms with Gasteiger partial charge < -0.3 is 15.4 Å². The van der Waals surface area contributed by atoms with Gasteiger partial charge in [-0.3, -0.25) is 9.59 Å². The fourth-order valence-electron chi connectivity index (χ4n) is 2.64. The highest BCUT2D eigenvalue weighted by atomic mass is 35.5. The van der Waals surface area contributed by atoms with Gasteiger partial charge in [-0.15, -0.1) is 0 Å². The van der Waals surface area contributed by atoms with Crippen LogP contribution in [0.3, 0.4) is 0 Å². The zero-order valence-electron chi connectivity index (χ0n) is 15.3. The summed E-state index contributed by atoms with van der Waals surface area (Å²) in [6.07, 6.45) is 0. The lowest BCUT2D eigenvalue weighted by atomic mass is 10.0. The zero-order chi connectivity index (χ0) is 20.3. The fourth-order valence-corrected chi connectivity index (χ4v) is 3.09. The van der Waals surface area contributed by atoms with E-state index in [0.717, 1.165) is 5.56 Å². The number of benzene rings is 2. The van der Waals surface area contributed by atoms with Crippen molar-refractivity contribution in [2.75, 3.05) is 17.2 Å². The second-order valence-corrected chi connectivity index (χ2v) is 6.84. The van der Waals surface area contributed by atoms with E-state index in [0.29, 0.717) is 23.7 Å². The van der Waals surface area contributed by atoms with E-state index in [1.54, 1.807) is 36.4 Å². The predicted molar refractivity (Wildman–Crippen MR) is 112 cm³/mol. The molecule has 0 spiro atoms. The number of carbonyl (C=O) groups is 2. The van der Waals surface area contributed by atoms with Crippen molar-refractivity contribution in [2.24, 2.45) is 0 Å². The maximum atomic E-state index is 12.8. The molecule has 2 N–H and O–H groups in total. The first kappa shape index (κ1) is 20.0. The first-order valence-corrected chi connectivity index (χ1v) is 9.39. The van der Waals surface area contributed by atoms with Crippen LogP contribution in [0.1, 0.15) is 12.5 Å². The Morgan fingerprint density at radius 1 is 0.857 bits per heavy atom. The molecule has 2 aromatic rings. The number of nitrogens with one attached hydrogen (secondary N) is 2. The van der Waals surface area contributed by atoms with Crippen molar-refractivity contribution < 1.29 is 14.3 Å². The number of para-hydroxylation sites is 2. The molecule has 0 fully saturated rings. The Labute approximate surface area is 173 Å². The average Bonchev–Trinajstić information content (AvgIpc) is 2.70. The number of hydrogen-bond donors (Lipinski definition) is 2. The summed E-state index contributed by atoms with van der Waals surface area (Å²) in [5, 5.41) is 5.31. The minimum absolute atomic E-state index is 0.0517. The lowest BCUT2D eigenvalue weighted by molar-refractivity contribution is -0.115. The number of halogens is 2. The van der Waals surface area contributed by atoms with E-state index in [-0.39, 0.29) is 21.5 Å². The largest absolute Gasteiger partial charge is 0.492 e. The molecule has 28 heavy (non-hydrogen) atoms. The monoisotopic (exact) mass is 416 g/mol. The Balaban J connectivity index is 1.90. The highest BCUT2D eigenvalue weighted by Gasteiger charge is 2.34. The Hall–Kier alpha value is -2.76. The molecule has 1 aliphatic carbocycles. The summed E-state index contributed by atoms with van der Waals surface area (Å²) in [5.41, 5.74) is 2.07. The van der Waals surface area contributed by atoms with Gasteiger partial charge in [-0.05, 0) is 38.1 Å². The number of aryl methyl sites for hydroxylation is 1. The Morgan fingerprint density at radius 2 is 1.43 bits per heavy atom. The molecule has 1 aliphatic rings. The smallest absolute Gasteiger partial charge is 0.224 e. The van der Waals surface area contributed by atoms with Gasteiger partial charge in [0.05, 0.1) is 12.3 Å². The van der Waals surface area contributed by atoms with Gasteiger partial charge in [-0.2, -0.15) is 0 Å². The van der Waals surface area contributed by atoms with E-state index in [4.69, 9.17) is 27.9 Å². The predicted octanol–water partition coefficient (Wildman–Crippen LogP) is 4.97. The first-order valence-electron chi connectivity index (χ1n) is 8.63. The number of anilines is 2. The molecule has 0 atom stereocenters. The van der Waals surface area contributed by atoms with Crippen molar-refractivity contribution in [3.63, 3.8) is 0 Å². The van der Waals surface area contributed by atoms with Gasteiger partial charge in [0.25, 0.3) is 0 Å². The maximum Gasteiger partial charge on any atom is 0.224 e. The molecule has 144 valence electrons. The SMILES string of the molecule is CCOc1ccccc1NC1=C(Cl)C(=O)C(Nc2ccc(C)cc2)=C(Cl)C1=O. The minimum atomic E-state index is -0.577. The Bertz CT molecular complexity index is 995. The number of allylic oxidation sites excluding steroid dienone is 2. The molecule has 5 nitrogen and oxygen atoms in total. The summed E-state index contributed by atoms with van der Waals surface area (Å²) in [7, 11) is 0. The highest BCUT2D eigenvalue weighted by Crippen LogP contribution is 2.33. The number of ether oxygens (including phenoxy) is 1. The van der Waals surface area contributed by atoms with Gasteiger partial charge >= 0.3 is 0 Å². The third-order valence-electron chi connectivity index (χ3n) is 4.06. The van der Waals surface area contributed by atoms with E-state index in [1.807, 2.05) is 26.0 Å². The Morgan fingerprint density at radius 3 is 2.04 bits per heavy atom. The highest BCUT2D eigenvalue weighted by molar-refractivity contribution is 6.56. The van der Waals surface area contributed by atoms with Crippen molar-refractivity contribution in [3.8, 4) is 5.75 Å². The molecule has 0 radical (unpaired) electrons. The van der Waals surface area contributed by atoms with Crippen LogP contribution in [0, 0.1) is 6.92 Å². The summed E-state index contributed by atoms with van der Waals surface area (Å²) in [6.45, 7) is 4.24. The third-order valence-corrected chi connectivity index (χ3v) is 4.78. The van der Waals surface area contributed by atoms with Crippen LogP contribution in [-0.2, 0) is 9.59 Å². The van der Waals surface area contributed by atoms with Crippen molar-refractivity contribution in [3.05, 3.63) is 75.6 Å². The molecule has 0 aromatic heterocycles. The molecular weight excluding hydrogens is 399 g/mol. The van der Waals surface area contributed by atoms with Crippen LogP contribution in [-0.4, -0.2) is 18.2 Å². The van der Waals surface area contributed by atoms with E-state index in [1.165, 1.54) is 0 Å². The first-order chi connectivity index (χ1) is 13.4. The number of hydrogen-bond acceptors (Lipinski definition) is 5. The van der Waals surface area contributed by atoms with Crippen molar-refractivity contribution in [1.29, 1.82) is 0 Å². The van der Waals surface area contributed by atoms with Crippen LogP contribution in [0.4, 0.5) is 11.4 Å². The molecule has 0 aliphatic heterocycles. The van der Waals surface area contributed by atoms with Crippen LogP contribution >= 0.6 is 23.2 Å². The molecule has 7 heteroatoms. The molecule has 0 saturated carbocycles. The number of Topliss-reactive ketones (excluding diaryl/α,β-unsaturated/α-hetero) is 2. The molecule has 3 rings (SSSR count). The van der Waals surface area contributed by atoms with Crippen LogP contribution in [0.15, 0.2) is 70.0 Å². The van der Waals surface area contributed by atoms with Gasteiger partial charge in [0.2, 0.25) is 11.6 Å². The van der Waals surface area contributed by atoms with Crippen molar-refractivity contribution in [1.82, 2.24) is 0 Å². The summed E-state index contributed by atoms with van der Waals surface area (Å²) in [5.74, 6) is -0.610. The maximum absolute atomic E-state index is 12.8. The van der Waals surface area contributed by atoms with Gasteiger partial charge in [-0.25, -0.2) is 0 Å². The second kappa shape index (κ2) is 8.50. The zero-order valence-corrected chi connectivity index (χ0v) is 16.8. The van der Waals surface area contributed by atoms with Crippen LogP contribution in [0.25, 0.3) is 0 Å². The normalized spacial score (nSPS) is 14.4. The van der Waals surface area contributed by atoms with Gasteiger partial charge in [0, 0.05) is 5.69 Å². The minimum Gasteiger partial charge on any atom is -0.492 e. The van der Waals surface area contributed by atoms with Crippen LogP contribution < -0.4 is 15.4 Å². The topological polar surface area (TPSA) is 67.4 Å². The number of rotatable bonds is 6. The van der Waals surface area contributed by atoms with Crippen molar-refractivity contribution >= 4 is 46.1 Å². The summed E-state index contributed by atoms with van der Waals surface area (Å²) in [4.78, 5) is 25.5. The second-order valence-electron chi connectivity index (χ2n) is 6.08. The molecule has 0 amide bonds. The molecule has 0 saturated heterocycles. The van der Waals surface area contributed by atoms with Gasteiger partial charge in [0.15, 0.2) is 0 Å². The van der Waals surface area contributed by atoms with Crippen LogP contribution in [0.5, 0.6) is 5.75 Å².